The number of carbonyl (C=O) groups is 1. The lowest BCUT2D eigenvalue weighted by Crippen LogP contribution is -2.26. The highest BCUT2D eigenvalue weighted by atomic mass is 16.5. The lowest BCUT2D eigenvalue weighted by Gasteiger charge is -2.11. The minimum Gasteiger partial charge on any atom is -0.493 e. The number of H-pyrrole nitrogens is 1. The fraction of sp³-hybridized carbons (Fsp3) is 0.238. The number of fused-ring (bicyclic) bond motifs is 1. The molecule has 0 atom stereocenters. The number of carbonyl (C=O) groups excluding carboxylic acids is 1. The molecule has 0 aliphatic heterocycles. The zero-order valence-electron chi connectivity index (χ0n) is 16.6. The number of aromatic nitrogens is 1. The first-order chi connectivity index (χ1) is 14.0. The topological polar surface area (TPSA) is 98.9 Å². The van der Waals surface area contributed by atoms with E-state index in [1.165, 1.54) is 21.3 Å². The van der Waals surface area contributed by atoms with Gasteiger partial charge in [-0.25, -0.2) is 0 Å². The second-order valence-electron chi connectivity index (χ2n) is 6.17. The van der Waals surface area contributed by atoms with E-state index < -0.39 is 0 Å². The maximum atomic E-state index is 12.5. The molecule has 0 radical (unpaired) electrons. The number of pyridine rings is 1. The first kappa shape index (κ1) is 20.1. The molecule has 1 heterocycles. The molecule has 0 spiro atoms. The summed E-state index contributed by atoms with van der Waals surface area (Å²) >= 11 is 0. The third-order valence-corrected chi connectivity index (χ3v) is 4.51. The van der Waals surface area contributed by atoms with Crippen molar-refractivity contribution >= 4 is 16.8 Å². The van der Waals surface area contributed by atoms with Gasteiger partial charge in [0.1, 0.15) is 0 Å². The minimum atomic E-state index is -0.335. The summed E-state index contributed by atoms with van der Waals surface area (Å²) < 4.78 is 20.9. The monoisotopic (exact) mass is 398 g/mol. The predicted octanol–water partition coefficient (Wildman–Crippen LogP) is 2.49. The fourth-order valence-corrected chi connectivity index (χ4v) is 2.96. The largest absolute Gasteiger partial charge is 0.493 e. The number of benzene rings is 2. The van der Waals surface area contributed by atoms with Gasteiger partial charge in [-0.3, -0.25) is 9.59 Å². The molecule has 0 unspecified atom stereocenters. The highest BCUT2D eigenvalue weighted by molar-refractivity contribution is 5.95. The van der Waals surface area contributed by atoms with Crippen molar-refractivity contribution in [2.75, 3.05) is 28.4 Å². The van der Waals surface area contributed by atoms with E-state index >= 15 is 0 Å². The van der Waals surface area contributed by atoms with Gasteiger partial charge in [-0.05, 0) is 30.3 Å². The molecule has 2 aromatic carbocycles. The average Bonchev–Trinajstić information content (AvgIpc) is 2.75. The van der Waals surface area contributed by atoms with Gasteiger partial charge in [0.25, 0.3) is 11.5 Å². The Morgan fingerprint density at radius 3 is 2.14 bits per heavy atom. The molecule has 3 aromatic rings. The second kappa shape index (κ2) is 8.55. The fourth-order valence-electron chi connectivity index (χ4n) is 2.96. The van der Waals surface area contributed by atoms with Crippen molar-refractivity contribution in [3.8, 4) is 23.0 Å². The number of hydrogen-bond donors (Lipinski definition) is 2. The molecule has 0 aliphatic carbocycles. The van der Waals surface area contributed by atoms with Crippen LogP contribution in [0.5, 0.6) is 23.0 Å². The third-order valence-electron chi connectivity index (χ3n) is 4.51. The van der Waals surface area contributed by atoms with Gasteiger partial charge in [0, 0.05) is 29.1 Å². The van der Waals surface area contributed by atoms with Crippen LogP contribution in [0.15, 0.2) is 41.2 Å². The van der Waals surface area contributed by atoms with Crippen molar-refractivity contribution in [2.45, 2.75) is 6.54 Å². The Kier molecular flexibility index (Phi) is 5.92. The van der Waals surface area contributed by atoms with Crippen molar-refractivity contribution < 1.29 is 23.7 Å². The number of rotatable bonds is 7. The van der Waals surface area contributed by atoms with E-state index in [1.54, 1.807) is 43.5 Å². The summed E-state index contributed by atoms with van der Waals surface area (Å²) in [7, 11) is 6.09. The zero-order chi connectivity index (χ0) is 21.0. The SMILES string of the molecule is COc1ccc(C(=O)NCc2cc3cc(OC)c(OC)cc3[nH]c2=O)cc1OC. The maximum Gasteiger partial charge on any atom is 0.253 e. The van der Waals surface area contributed by atoms with E-state index in [9.17, 15) is 9.59 Å². The first-order valence-electron chi connectivity index (χ1n) is 8.78. The summed E-state index contributed by atoms with van der Waals surface area (Å²) in [6, 6.07) is 10.0. The molecular weight excluding hydrogens is 376 g/mol. The Morgan fingerprint density at radius 2 is 1.48 bits per heavy atom. The summed E-state index contributed by atoms with van der Waals surface area (Å²) in [6.45, 7) is 0.0623. The van der Waals surface area contributed by atoms with Crippen LogP contribution in [-0.4, -0.2) is 39.3 Å². The molecule has 3 rings (SSSR count). The van der Waals surface area contributed by atoms with Crippen LogP contribution in [0.3, 0.4) is 0 Å². The molecule has 1 amide bonds. The molecule has 0 bridgehead atoms. The average molecular weight is 398 g/mol. The summed E-state index contributed by atoms with van der Waals surface area (Å²) in [5.74, 6) is 1.71. The number of amides is 1. The van der Waals surface area contributed by atoms with Crippen LogP contribution in [-0.2, 0) is 6.54 Å². The quantitative estimate of drug-likeness (QED) is 0.634. The number of ether oxygens (including phenoxy) is 4. The summed E-state index contributed by atoms with van der Waals surface area (Å²) in [5.41, 5.74) is 1.13. The van der Waals surface area contributed by atoms with Crippen molar-refractivity contribution in [1.82, 2.24) is 10.3 Å². The van der Waals surface area contributed by atoms with Crippen molar-refractivity contribution in [3.05, 3.63) is 57.9 Å². The molecule has 29 heavy (non-hydrogen) atoms. The van der Waals surface area contributed by atoms with E-state index in [2.05, 4.69) is 10.3 Å². The Morgan fingerprint density at radius 1 is 0.862 bits per heavy atom. The van der Waals surface area contributed by atoms with Gasteiger partial charge in [-0.2, -0.15) is 0 Å². The van der Waals surface area contributed by atoms with Crippen LogP contribution < -0.4 is 29.8 Å². The van der Waals surface area contributed by atoms with Gasteiger partial charge >= 0.3 is 0 Å². The third kappa shape index (κ3) is 4.11. The molecule has 8 heteroatoms. The molecule has 152 valence electrons. The minimum absolute atomic E-state index is 0.0623. The maximum absolute atomic E-state index is 12.5. The Bertz CT molecular complexity index is 1110. The van der Waals surface area contributed by atoms with Crippen molar-refractivity contribution in [3.63, 3.8) is 0 Å². The number of methoxy groups -OCH3 is 4. The van der Waals surface area contributed by atoms with E-state index in [4.69, 9.17) is 18.9 Å². The van der Waals surface area contributed by atoms with Crippen LogP contribution in [0.2, 0.25) is 0 Å². The molecule has 1 aromatic heterocycles. The van der Waals surface area contributed by atoms with Gasteiger partial charge in [-0.15, -0.1) is 0 Å². The summed E-state index contributed by atoms with van der Waals surface area (Å²) in [4.78, 5) is 27.7. The van der Waals surface area contributed by atoms with E-state index in [0.717, 1.165) is 5.39 Å². The lowest BCUT2D eigenvalue weighted by atomic mass is 10.1. The smallest absolute Gasteiger partial charge is 0.253 e. The van der Waals surface area contributed by atoms with Gasteiger partial charge in [0.15, 0.2) is 23.0 Å². The summed E-state index contributed by atoms with van der Waals surface area (Å²) in [6.07, 6.45) is 0. The molecule has 2 N–H and O–H groups in total. The Balaban J connectivity index is 1.84. The molecule has 8 nitrogen and oxygen atoms in total. The van der Waals surface area contributed by atoms with Crippen molar-refractivity contribution in [1.29, 1.82) is 0 Å². The summed E-state index contributed by atoms with van der Waals surface area (Å²) in [5, 5.41) is 3.51. The molecule has 0 fully saturated rings. The van der Waals surface area contributed by atoms with Crippen LogP contribution in [0.4, 0.5) is 0 Å². The number of nitrogens with one attached hydrogen (secondary N) is 2. The van der Waals surface area contributed by atoms with E-state index in [0.29, 0.717) is 39.6 Å². The molecule has 0 saturated heterocycles. The zero-order valence-corrected chi connectivity index (χ0v) is 16.6. The Hall–Kier alpha value is -3.68. The second-order valence-corrected chi connectivity index (χ2v) is 6.17. The number of hydrogen-bond acceptors (Lipinski definition) is 6. The van der Waals surface area contributed by atoms with Crippen molar-refractivity contribution in [2.24, 2.45) is 0 Å². The van der Waals surface area contributed by atoms with Crippen LogP contribution in [0, 0.1) is 0 Å². The normalized spacial score (nSPS) is 10.5. The highest BCUT2D eigenvalue weighted by Gasteiger charge is 2.13. The van der Waals surface area contributed by atoms with Crippen LogP contribution in [0.1, 0.15) is 15.9 Å². The first-order valence-corrected chi connectivity index (χ1v) is 8.78. The van der Waals surface area contributed by atoms with Crippen LogP contribution >= 0.6 is 0 Å². The number of aromatic amines is 1. The van der Waals surface area contributed by atoms with Gasteiger partial charge < -0.3 is 29.2 Å². The van der Waals surface area contributed by atoms with Gasteiger partial charge in [0.05, 0.1) is 34.0 Å². The lowest BCUT2D eigenvalue weighted by molar-refractivity contribution is 0.0950. The molecule has 0 aliphatic rings. The highest BCUT2D eigenvalue weighted by Crippen LogP contribution is 2.31. The van der Waals surface area contributed by atoms with Crippen LogP contribution in [0.25, 0.3) is 10.9 Å². The van der Waals surface area contributed by atoms with Gasteiger partial charge in [-0.1, -0.05) is 0 Å². The predicted molar refractivity (Wildman–Crippen MR) is 108 cm³/mol. The Labute approximate surface area is 167 Å². The molecule has 0 saturated carbocycles. The van der Waals surface area contributed by atoms with E-state index in [-0.39, 0.29) is 18.0 Å². The van der Waals surface area contributed by atoms with E-state index in [1.807, 2.05) is 0 Å². The standard InChI is InChI=1S/C21H22N2O6/c1-26-16-6-5-12(8-17(16)27-2)20(24)22-11-14-7-13-9-18(28-3)19(29-4)10-15(13)23-21(14)25/h5-10H,11H2,1-4H3,(H,22,24)(H,23,25). The molecular formula is C21H22N2O6. The van der Waals surface area contributed by atoms with Gasteiger partial charge in [0.2, 0.25) is 0 Å².